The molecule has 0 amide bonds. The van der Waals surface area contributed by atoms with Crippen molar-refractivity contribution in [1.29, 1.82) is 0 Å². The molecule has 8 nitrogen and oxygen atoms in total. The molecule has 204 valence electrons. The number of nitrogen functional groups attached to an aromatic ring is 1. The zero-order chi connectivity index (χ0) is 28.2. The second-order valence-electron chi connectivity index (χ2n) is 9.52. The van der Waals surface area contributed by atoms with E-state index in [9.17, 15) is 0 Å². The van der Waals surface area contributed by atoms with E-state index in [1.165, 1.54) is 0 Å². The van der Waals surface area contributed by atoms with Gasteiger partial charge in [0, 0.05) is 23.3 Å². The van der Waals surface area contributed by atoms with Gasteiger partial charge in [0.2, 0.25) is 0 Å². The van der Waals surface area contributed by atoms with Crippen molar-refractivity contribution in [2.45, 2.75) is 6.54 Å². The first-order chi connectivity index (χ1) is 20.1. The van der Waals surface area contributed by atoms with E-state index in [1.54, 1.807) is 18.9 Å². The molecule has 0 aliphatic carbocycles. The molecule has 8 heteroatoms. The Hall–Kier alpha value is -5.50. The third-order valence-corrected chi connectivity index (χ3v) is 6.87. The molecule has 0 spiro atoms. The summed E-state index contributed by atoms with van der Waals surface area (Å²) in [4.78, 5) is 0. The lowest BCUT2D eigenvalue weighted by molar-refractivity contribution is 0.414. The van der Waals surface area contributed by atoms with Gasteiger partial charge in [-0.05, 0) is 41.5 Å². The van der Waals surface area contributed by atoms with Crippen molar-refractivity contribution in [2.75, 3.05) is 25.3 Å². The highest BCUT2D eigenvalue weighted by molar-refractivity contribution is 5.77. The first kappa shape index (κ1) is 25.8. The lowest BCUT2D eigenvalue weighted by Gasteiger charge is -2.13. The minimum absolute atomic E-state index is 0.538. The van der Waals surface area contributed by atoms with E-state index < -0.39 is 0 Å². The van der Waals surface area contributed by atoms with Crippen LogP contribution in [-0.2, 0) is 6.54 Å². The van der Waals surface area contributed by atoms with Crippen LogP contribution < -0.4 is 20.5 Å². The van der Waals surface area contributed by atoms with Crippen molar-refractivity contribution >= 4 is 17.5 Å². The zero-order valence-corrected chi connectivity index (χ0v) is 22.9. The Kier molecular flexibility index (Phi) is 7.11. The number of nitrogens with one attached hydrogen (secondary N) is 1. The minimum atomic E-state index is 0.538. The Morgan fingerprint density at radius 3 is 2.02 bits per heavy atom. The van der Waals surface area contributed by atoms with Crippen molar-refractivity contribution in [2.24, 2.45) is 0 Å². The van der Waals surface area contributed by atoms with Crippen molar-refractivity contribution in [3.63, 3.8) is 0 Å². The normalized spacial score (nSPS) is 10.9. The molecule has 0 unspecified atom stereocenters. The number of nitrogens with two attached hydrogens (primary N) is 1. The topological polar surface area (TPSA) is 92.1 Å². The average Bonchev–Trinajstić information content (AvgIpc) is 3.60. The van der Waals surface area contributed by atoms with Gasteiger partial charge in [-0.25, -0.2) is 9.36 Å². The van der Waals surface area contributed by atoms with Gasteiger partial charge in [0.1, 0.15) is 17.3 Å². The van der Waals surface area contributed by atoms with Crippen molar-refractivity contribution in [3.05, 3.63) is 121 Å². The number of benzene rings is 4. The fourth-order valence-corrected chi connectivity index (χ4v) is 4.77. The largest absolute Gasteiger partial charge is 0.497 e. The Morgan fingerprint density at radius 2 is 1.32 bits per heavy atom. The van der Waals surface area contributed by atoms with E-state index in [1.807, 2.05) is 83.5 Å². The molecule has 0 atom stereocenters. The third kappa shape index (κ3) is 5.49. The molecule has 0 bridgehead atoms. The molecule has 6 rings (SSSR count). The molecule has 0 aliphatic heterocycles. The summed E-state index contributed by atoms with van der Waals surface area (Å²) in [7, 11) is 3.32. The Bertz CT molecular complexity index is 1760. The number of methoxy groups -OCH3 is 2. The van der Waals surface area contributed by atoms with E-state index in [0.29, 0.717) is 24.0 Å². The van der Waals surface area contributed by atoms with Crippen molar-refractivity contribution < 1.29 is 9.47 Å². The summed E-state index contributed by atoms with van der Waals surface area (Å²) in [5, 5.41) is 13.1. The van der Waals surface area contributed by atoms with Gasteiger partial charge in [0.25, 0.3) is 0 Å². The van der Waals surface area contributed by atoms with Crippen LogP contribution in [0.25, 0.3) is 28.1 Å². The van der Waals surface area contributed by atoms with Crippen LogP contribution in [0.2, 0.25) is 0 Å². The van der Waals surface area contributed by atoms with Gasteiger partial charge in [-0.3, -0.25) is 0 Å². The second kappa shape index (κ2) is 11.3. The van der Waals surface area contributed by atoms with Crippen LogP contribution in [0.15, 0.2) is 115 Å². The monoisotopic (exact) mass is 542 g/mol. The van der Waals surface area contributed by atoms with Crippen molar-refractivity contribution in [3.8, 4) is 39.6 Å². The van der Waals surface area contributed by atoms with Gasteiger partial charge in [0.05, 0.1) is 32.1 Å². The van der Waals surface area contributed by atoms with E-state index in [-0.39, 0.29) is 0 Å². The minimum Gasteiger partial charge on any atom is -0.497 e. The summed E-state index contributed by atoms with van der Waals surface area (Å²) in [6.45, 7) is 0.538. The highest BCUT2D eigenvalue weighted by Crippen LogP contribution is 2.33. The van der Waals surface area contributed by atoms with Crippen LogP contribution in [0.3, 0.4) is 0 Å². The highest BCUT2D eigenvalue weighted by Gasteiger charge is 2.17. The number of para-hydroxylation sites is 1. The SMILES string of the molecule is COc1ccc(Cn2nc(Nc3cc(-c4ccccc4)n(-c4ccccc4-c4ccc(OC)cc4)n3)cc2N)cc1. The van der Waals surface area contributed by atoms with E-state index >= 15 is 0 Å². The summed E-state index contributed by atoms with van der Waals surface area (Å²) < 4.78 is 14.4. The molecule has 0 radical (unpaired) electrons. The van der Waals surface area contributed by atoms with Crippen LogP contribution in [0.1, 0.15) is 5.56 Å². The summed E-state index contributed by atoms with van der Waals surface area (Å²) in [5.74, 6) is 3.44. The quantitative estimate of drug-likeness (QED) is 0.209. The standard InChI is InChI=1S/C33H30N6O2/c1-40-26-16-12-23(13-17-26)22-38-31(34)21-33(36-38)35-32-20-30(25-8-4-3-5-9-25)39(37-32)29-11-7-6-10-28(29)24-14-18-27(41-2)19-15-24/h3-21H,22,34H2,1-2H3,(H,35,36,37). The molecule has 2 heterocycles. The van der Waals surface area contributed by atoms with Crippen LogP contribution >= 0.6 is 0 Å². The van der Waals surface area contributed by atoms with Gasteiger partial charge >= 0.3 is 0 Å². The summed E-state index contributed by atoms with van der Waals surface area (Å²) in [6, 6.07) is 38.2. The van der Waals surface area contributed by atoms with Gasteiger partial charge in [-0.15, -0.1) is 5.10 Å². The molecule has 0 fully saturated rings. The number of anilines is 3. The number of ether oxygens (including phenoxy) is 2. The van der Waals surface area contributed by atoms with Crippen molar-refractivity contribution in [1.82, 2.24) is 19.6 Å². The first-order valence-electron chi connectivity index (χ1n) is 13.2. The molecule has 3 N–H and O–H groups in total. The van der Waals surface area contributed by atoms with Gasteiger partial charge in [-0.1, -0.05) is 72.8 Å². The van der Waals surface area contributed by atoms with Gasteiger partial charge < -0.3 is 20.5 Å². The summed E-state index contributed by atoms with van der Waals surface area (Å²) in [5.41, 5.74) is 12.4. The lowest BCUT2D eigenvalue weighted by atomic mass is 10.0. The number of rotatable bonds is 9. The lowest BCUT2D eigenvalue weighted by Crippen LogP contribution is -2.06. The van der Waals surface area contributed by atoms with Gasteiger partial charge in [0.15, 0.2) is 11.6 Å². The molecule has 6 aromatic rings. The molecule has 41 heavy (non-hydrogen) atoms. The van der Waals surface area contributed by atoms with E-state index in [0.717, 1.165) is 45.1 Å². The molecule has 0 saturated heterocycles. The van der Waals surface area contributed by atoms with E-state index in [2.05, 4.69) is 41.7 Å². The zero-order valence-electron chi connectivity index (χ0n) is 22.9. The Morgan fingerprint density at radius 1 is 0.683 bits per heavy atom. The predicted molar refractivity (Wildman–Crippen MR) is 163 cm³/mol. The number of hydrogen-bond donors (Lipinski definition) is 2. The fourth-order valence-electron chi connectivity index (χ4n) is 4.77. The molecule has 0 saturated carbocycles. The molecule has 0 aliphatic rings. The summed E-state index contributed by atoms with van der Waals surface area (Å²) >= 11 is 0. The Balaban J connectivity index is 1.35. The third-order valence-electron chi connectivity index (χ3n) is 6.87. The number of nitrogens with zero attached hydrogens (tertiary/aromatic N) is 4. The maximum absolute atomic E-state index is 6.32. The molecule has 4 aromatic carbocycles. The van der Waals surface area contributed by atoms with Crippen LogP contribution in [-0.4, -0.2) is 33.8 Å². The second-order valence-corrected chi connectivity index (χ2v) is 9.52. The van der Waals surface area contributed by atoms with Gasteiger partial charge in [-0.2, -0.15) is 5.10 Å². The van der Waals surface area contributed by atoms with Crippen LogP contribution in [0, 0.1) is 0 Å². The van der Waals surface area contributed by atoms with Crippen LogP contribution in [0.5, 0.6) is 11.5 Å². The van der Waals surface area contributed by atoms with Crippen LogP contribution in [0.4, 0.5) is 17.5 Å². The van der Waals surface area contributed by atoms with E-state index in [4.69, 9.17) is 25.4 Å². The molecule has 2 aromatic heterocycles. The number of hydrogen-bond acceptors (Lipinski definition) is 6. The molecular weight excluding hydrogens is 512 g/mol. The fraction of sp³-hybridized carbons (Fsp3) is 0.0909. The maximum atomic E-state index is 6.32. The molecular formula is C33H30N6O2. The predicted octanol–water partition coefficient (Wildman–Crippen LogP) is 6.79. The smallest absolute Gasteiger partial charge is 0.155 e. The first-order valence-corrected chi connectivity index (χ1v) is 13.2. The summed E-state index contributed by atoms with van der Waals surface area (Å²) in [6.07, 6.45) is 0. The number of aromatic nitrogens is 4. The maximum Gasteiger partial charge on any atom is 0.155 e. The average molecular weight is 543 g/mol. The highest BCUT2D eigenvalue weighted by atomic mass is 16.5. The Labute approximate surface area is 238 Å².